The van der Waals surface area contributed by atoms with E-state index in [-0.39, 0.29) is 11.4 Å². The standard InChI is InChI=1S/C18H16N2O3S3/c1-4-11-20-16-10-7-14(24-3)12-17(16)25-18(20)19-26(21,22)15-8-5-13(23-2)6-9-15/h1,5-10,12H,11H2,2-3H3/b19-18-. The van der Waals surface area contributed by atoms with Crippen LogP contribution in [0.5, 0.6) is 5.75 Å². The quantitative estimate of drug-likeness (QED) is 0.483. The van der Waals surface area contributed by atoms with E-state index >= 15 is 0 Å². The van der Waals surface area contributed by atoms with Gasteiger partial charge in [-0.1, -0.05) is 17.3 Å². The van der Waals surface area contributed by atoms with E-state index in [9.17, 15) is 8.42 Å². The topological polar surface area (TPSA) is 60.7 Å². The molecule has 8 heteroatoms. The number of thiazole rings is 1. The minimum Gasteiger partial charge on any atom is -0.497 e. The summed E-state index contributed by atoms with van der Waals surface area (Å²) in [5.74, 6) is 3.15. The summed E-state index contributed by atoms with van der Waals surface area (Å²) in [4.78, 5) is 1.55. The van der Waals surface area contributed by atoms with Gasteiger partial charge in [-0.3, -0.25) is 0 Å². The zero-order chi connectivity index (χ0) is 18.7. The average Bonchev–Trinajstić information content (AvgIpc) is 2.97. The van der Waals surface area contributed by atoms with Gasteiger partial charge in [-0.25, -0.2) is 0 Å². The highest BCUT2D eigenvalue weighted by atomic mass is 32.2. The van der Waals surface area contributed by atoms with Crippen LogP contribution in [0.1, 0.15) is 0 Å². The lowest BCUT2D eigenvalue weighted by molar-refractivity contribution is 0.414. The number of fused-ring (bicyclic) bond motifs is 1. The number of methoxy groups -OCH3 is 1. The third-order valence-electron chi connectivity index (χ3n) is 3.69. The minimum atomic E-state index is -3.86. The van der Waals surface area contributed by atoms with Crippen molar-refractivity contribution in [2.45, 2.75) is 16.3 Å². The number of aromatic nitrogens is 1. The van der Waals surface area contributed by atoms with E-state index in [0.29, 0.717) is 10.6 Å². The minimum absolute atomic E-state index is 0.104. The van der Waals surface area contributed by atoms with Gasteiger partial charge >= 0.3 is 0 Å². The Morgan fingerprint density at radius 2 is 2.00 bits per heavy atom. The number of sulfonamides is 1. The Kier molecular flexibility index (Phi) is 5.41. The summed E-state index contributed by atoms with van der Waals surface area (Å²) in [6.07, 6.45) is 7.46. The van der Waals surface area contributed by atoms with Crippen LogP contribution in [0.4, 0.5) is 0 Å². The molecule has 0 saturated carbocycles. The van der Waals surface area contributed by atoms with Crippen LogP contribution < -0.4 is 9.54 Å². The van der Waals surface area contributed by atoms with Crippen molar-refractivity contribution in [3.05, 3.63) is 47.3 Å². The van der Waals surface area contributed by atoms with E-state index in [2.05, 4.69) is 10.3 Å². The van der Waals surface area contributed by atoms with Crippen molar-refractivity contribution in [2.24, 2.45) is 4.40 Å². The van der Waals surface area contributed by atoms with Gasteiger partial charge in [-0.15, -0.1) is 22.6 Å². The molecule has 5 nitrogen and oxygen atoms in total. The maximum atomic E-state index is 12.7. The van der Waals surface area contributed by atoms with Gasteiger partial charge < -0.3 is 9.30 Å². The molecule has 0 bridgehead atoms. The molecule has 0 aliphatic rings. The van der Waals surface area contributed by atoms with Gasteiger partial charge in [0.1, 0.15) is 5.75 Å². The molecule has 0 unspecified atom stereocenters. The highest BCUT2D eigenvalue weighted by molar-refractivity contribution is 7.98. The first kappa shape index (κ1) is 18.6. The number of nitrogens with zero attached hydrogens (tertiary/aromatic N) is 2. The molecule has 0 saturated heterocycles. The lowest BCUT2D eigenvalue weighted by atomic mass is 10.3. The monoisotopic (exact) mass is 404 g/mol. The Morgan fingerprint density at radius 1 is 1.27 bits per heavy atom. The van der Waals surface area contributed by atoms with E-state index in [1.54, 1.807) is 28.5 Å². The van der Waals surface area contributed by atoms with E-state index in [1.165, 1.54) is 30.6 Å². The number of rotatable bonds is 5. The van der Waals surface area contributed by atoms with Crippen LogP contribution in [-0.4, -0.2) is 26.4 Å². The van der Waals surface area contributed by atoms with Crippen molar-refractivity contribution in [3.63, 3.8) is 0 Å². The summed E-state index contributed by atoms with van der Waals surface area (Å²) in [6, 6.07) is 12.1. The number of thioether (sulfide) groups is 1. The summed E-state index contributed by atoms with van der Waals surface area (Å²) >= 11 is 2.93. The van der Waals surface area contributed by atoms with Gasteiger partial charge in [0.15, 0.2) is 0 Å². The largest absolute Gasteiger partial charge is 0.497 e. The molecule has 0 amide bonds. The Labute approximate surface area is 160 Å². The molecule has 134 valence electrons. The van der Waals surface area contributed by atoms with Crippen molar-refractivity contribution in [2.75, 3.05) is 13.4 Å². The van der Waals surface area contributed by atoms with Gasteiger partial charge in [0, 0.05) is 4.90 Å². The first-order valence-electron chi connectivity index (χ1n) is 7.54. The van der Waals surface area contributed by atoms with Crippen molar-refractivity contribution in [1.29, 1.82) is 0 Å². The summed E-state index contributed by atoms with van der Waals surface area (Å²) in [7, 11) is -2.33. The van der Waals surface area contributed by atoms with Crippen LogP contribution in [0.15, 0.2) is 56.7 Å². The summed E-state index contributed by atoms with van der Waals surface area (Å²) in [5, 5.41) is 0. The zero-order valence-electron chi connectivity index (χ0n) is 14.2. The average molecular weight is 405 g/mol. The Bertz CT molecular complexity index is 1150. The molecule has 0 atom stereocenters. The molecular weight excluding hydrogens is 388 g/mol. The summed E-state index contributed by atoms with van der Waals surface area (Å²) in [6.45, 7) is 0.246. The van der Waals surface area contributed by atoms with Crippen LogP contribution in [0.2, 0.25) is 0 Å². The lowest BCUT2D eigenvalue weighted by Crippen LogP contribution is -2.16. The third-order valence-corrected chi connectivity index (χ3v) is 6.86. The van der Waals surface area contributed by atoms with E-state index in [1.807, 2.05) is 24.5 Å². The fraction of sp³-hybridized carbons (Fsp3) is 0.167. The molecule has 0 radical (unpaired) electrons. The Balaban J connectivity index is 2.18. The summed E-state index contributed by atoms with van der Waals surface area (Å²) in [5.41, 5.74) is 0.870. The highest BCUT2D eigenvalue weighted by Gasteiger charge is 2.15. The number of benzene rings is 2. The van der Waals surface area contributed by atoms with Crippen molar-refractivity contribution in [1.82, 2.24) is 4.57 Å². The van der Waals surface area contributed by atoms with Gasteiger partial charge in [-0.2, -0.15) is 8.42 Å². The van der Waals surface area contributed by atoms with Crippen molar-refractivity contribution in [3.8, 4) is 18.1 Å². The number of hydrogen-bond acceptors (Lipinski definition) is 5. The van der Waals surface area contributed by atoms with E-state index in [0.717, 1.165) is 15.1 Å². The van der Waals surface area contributed by atoms with Crippen LogP contribution in [0, 0.1) is 12.3 Å². The smallest absolute Gasteiger partial charge is 0.285 e. The van der Waals surface area contributed by atoms with E-state index < -0.39 is 10.0 Å². The molecule has 0 spiro atoms. The van der Waals surface area contributed by atoms with Crippen LogP contribution in [0.3, 0.4) is 0 Å². The van der Waals surface area contributed by atoms with Crippen LogP contribution in [-0.2, 0) is 16.6 Å². The van der Waals surface area contributed by atoms with Crippen LogP contribution in [0.25, 0.3) is 10.2 Å². The second-order valence-corrected chi connectivity index (χ2v) is 8.74. The zero-order valence-corrected chi connectivity index (χ0v) is 16.6. The Morgan fingerprint density at radius 3 is 2.62 bits per heavy atom. The fourth-order valence-corrected chi connectivity index (χ4v) is 5.18. The SMILES string of the molecule is C#CCn1/c(=N/S(=O)(=O)c2ccc(OC)cc2)sc2cc(SC)ccc21. The first-order chi connectivity index (χ1) is 12.5. The molecular formula is C18H16N2O3S3. The predicted molar refractivity (Wildman–Crippen MR) is 106 cm³/mol. The molecule has 2 aromatic carbocycles. The highest BCUT2D eigenvalue weighted by Crippen LogP contribution is 2.24. The van der Waals surface area contributed by atoms with Crippen molar-refractivity contribution < 1.29 is 13.2 Å². The van der Waals surface area contributed by atoms with Crippen molar-refractivity contribution >= 4 is 43.3 Å². The fourth-order valence-electron chi connectivity index (χ4n) is 2.40. The maximum absolute atomic E-state index is 12.7. The van der Waals surface area contributed by atoms with E-state index in [4.69, 9.17) is 11.2 Å². The number of ether oxygens (including phenoxy) is 1. The first-order valence-corrected chi connectivity index (χ1v) is 11.0. The predicted octanol–water partition coefficient (Wildman–Crippen LogP) is 3.36. The number of terminal acetylenes is 1. The molecule has 0 N–H and O–H groups in total. The lowest BCUT2D eigenvalue weighted by Gasteiger charge is -2.02. The second kappa shape index (κ2) is 7.58. The molecule has 0 fully saturated rings. The van der Waals surface area contributed by atoms with Gasteiger partial charge in [-0.05, 0) is 48.7 Å². The van der Waals surface area contributed by atoms with Crippen LogP contribution >= 0.6 is 23.1 Å². The normalized spacial score (nSPS) is 12.3. The van der Waals surface area contributed by atoms with Gasteiger partial charge in [0.05, 0.1) is 28.8 Å². The molecule has 0 aliphatic heterocycles. The molecule has 1 aromatic heterocycles. The molecule has 3 aromatic rings. The maximum Gasteiger partial charge on any atom is 0.285 e. The second-order valence-electron chi connectivity index (χ2n) is 5.25. The molecule has 0 aliphatic carbocycles. The molecule has 3 rings (SSSR count). The van der Waals surface area contributed by atoms with Gasteiger partial charge in [0.25, 0.3) is 10.0 Å². The molecule has 1 heterocycles. The Hall–Kier alpha value is -2.21. The number of hydrogen-bond donors (Lipinski definition) is 0. The van der Waals surface area contributed by atoms with Gasteiger partial charge in [0.2, 0.25) is 4.80 Å². The molecule has 26 heavy (non-hydrogen) atoms. The summed E-state index contributed by atoms with van der Waals surface area (Å²) < 4.78 is 37.2. The third kappa shape index (κ3) is 3.65.